The van der Waals surface area contributed by atoms with Gasteiger partial charge in [-0.3, -0.25) is 9.80 Å². The van der Waals surface area contributed by atoms with E-state index >= 15 is 0 Å². The van der Waals surface area contributed by atoms with Crippen LogP contribution in [0.1, 0.15) is 37.3 Å². The summed E-state index contributed by atoms with van der Waals surface area (Å²) < 4.78 is 0. The number of aliphatic hydroxyl groups is 1. The first kappa shape index (κ1) is 20.1. The molecular weight excluding hydrogens is 332 g/mol. The van der Waals surface area contributed by atoms with Crippen molar-refractivity contribution >= 4 is 0 Å². The van der Waals surface area contributed by atoms with Crippen LogP contribution in [0.25, 0.3) is 0 Å². The molecule has 0 saturated carbocycles. The highest BCUT2D eigenvalue weighted by atomic mass is 16.3. The Morgan fingerprint density at radius 2 is 1.48 bits per heavy atom. The molecule has 0 spiro atoms. The molecule has 2 aromatic carbocycles. The molecule has 0 amide bonds. The Bertz CT molecular complexity index is 619. The number of aliphatic hydroxyl groups excluding tert-OH is 1. The first-order valence-electron chi connectivity index (χ1n) is 10.3. The topological polar surface area (TPSA) is 26.7 Å². The standard InChI is InChI=1S/C24H34N2O/c1-20(2)17-26-15-14-25(18-23(26)13-16-27)19-24(21-9-5-3-6-10-21)22-11-7-4-8-12-22/h3-12,20,23-24,27H,13-19H2,1-2H3/t23-/m0/s1. The maximum Gasteiger partial charge on any atom is 0.0446 e. The maximum atomic E-state index is 9.55. The summed E-state index contributed by atoms with van der Waals surface area (Å²) in [6.07, 6.45) is 0.866. The van der Waals surface area contributed by atoms with Crippen LogP contribution < -0.4 is 0 Å². The molecule has 1 N–H and O–H groups in total. The van der Waals surface area contributed by atoms with Gasteiger partial charge in [0, 0.05) is 51.3 Å². The highest BCUT2D eigenvalue weighted by molar-refractivity contribution is 5.32. The molecular formula is C24H34N2O. The average Bonchev–Trinajstić information content (AvgIpc) is 2.69. The van der Waals surface area contributed by atoms with Gasteiger partial charge in [-0.05, 0) is 23.5 Å². The van der Waals surface area contributed by atoms with E-state index in [4.69, 9.17) is 0 Å². The summed E-state index contributed by atoms with van der Waals surface area (Å²) in [6.45, 7) is 10.2. The van der Waals surface area contributed by atoms with E-state index in [1.807, 2.05) is 0 Å². The van der Waals surface area contributed by atoms with Crippen LogP contribution in [0.4, 0.5) is 0 Å². The second-order valence-corrected chi connectivity index (χ2v) is 8.19. The summed E-state index contributed by atoms with van der Waals surface area (Å²) in [5.41, 5.74) is 2.76. The smallest absolute Gasteiger partial charge is 0.0446 e. The van der Waals surface area contributed by atoms with Gasteiger partial charge in [-0.25, -0.2) is 0 Å². The van der Waals surface area contributed by atoms with Gasteiger partial charge in [0.1, 0.15) is 0 Å². The fourth-order valence-electron chi connectivity index (χ4n) is 4.29. The van der Waals surface area contributed by atoms with Crippen molar-refractivity contribution in [1.82, 2.24) is 9.80 Å². The molecule has 0 aliphatic carbocycles. The molecule has 2 aromatic rings. The van der Waals surface area contributed by atoms with Crippen LogP contribution in [0.15, 0.2) is 60.7 Å². The first-order valence-corrected chi connectivity index (χ1v) is 10.3. The molecule has 3 nitrogen and oxygen atoms in total. The quantitative estimate of drug-likeness (QED) is 0.769. The minimum atomic E-state index is 0.272. The molecule has 3 heteroatoms. The molecule has 0 bridgehead atoms. The summed E-state index contributed by atoms with van der Waals surface area (Å²) >= 11 is 0. The van der Waals surface area contributed by atoms with E-state index in [1.165, 1.54) is 11.1 Å². The van der Waals surface area contributed by atoms with E-state index < -0.39 is 0 Å². The highest BCUT2D eigenvalue weighted by Gasteiger charge is 2.28. The van der Waals surface area contributed by atoms with Crippen LogP contribution in [0.2, 0.25) is 0 Å². The lowest BCUT2D eigenvalue weighted by atomic mass is 9.90. The SMILES string of the molecule is CC(C)CN1CCN(CC(c2ccccc2)c2ccccc2)C[C@@H]1CCO. The Kier molecular flexibility index (Phi) is 7.45. The van der Waals surface area contributed by atoms with Crippen molar-refractivity contribution in [3.63, 3.8) is 0 Å². The number of hydrogen-bond donors (Lipinski definition) is 1. The fourth-order valence-corrected chi connectivity index (χ4v) is 4.29. The van der Waals surface area contributed by atoms with E-state index in [0.29, 0.717) is 17.9 Å². The van der Waals surface area contributed by atoms with Crippen LogP contribution in [0.5, 0.6) is 0 Å². The van der Waals surface area contributed by atoms with Crippen molar-refractivity contribution in [3.8, 4) is 0 Å². The Balaban J connectivity index is 1.74. The van der Waals surface area contributed by atoms with Crippen LogP contribution in [-0.4, -0.2) is 60.3 Å². The van der Waals surface area contributed by atoms with Crippen LogP contribution in [-0.2, 0) is 0 Å². The molecule has 27 heavy (non-hydrogen) atoms. The molecule has 1 atom stereocenters. The lowest BCUT2D eigenvalue weighted by Crippen LogP contribution is -2.54. The average molecular weight is 367 g/mol. The van der Waals surface area contributed by atoms with Gasteiger partial charge in [0.2, 0.25) is 0 Å². The highest BCUT2D eigenvalue weighted by Crippen LogP contribution is 2.27. The summed E-state index contributed by atoms with van der Waals surface area (Å²) in [4.78, 5) is 5.18. The van der Waals surface area contributed by atoms with Crippen molar-refractivity contribution in [2.75, 3.05) is 39.3 Å². The Morgan fingerprint density at radius 3 is 2.00 bits per heavy atom. The second-order valence-electron chi connectivity index (χ2n) is 8.19. The largest absolute Gasteiger partial charge is 0.396 e. The molecule has 0 radical (unpaired) electrons. The van der Waals surface area contributed by atoms with Crippen molar-refractivity contribution < 1.29 is 5.11 Å². The lowest BCUT2D eigenvalue weighted by Gasteiger charge is -2.43. The van der Waals surface area contributed by atoms with Gasteiger partial charge in [-0.15, -0.1) is 0 Å². The van der Waals surface area contributed by atoms with Gasteiger partial charge in [-0.1, -0.05) is 74.5 Å². The molecule has 146 valence electrons. The van der Waals surface area contributed by atoms with E-state index in [2.05, 4.69) is 84.3 Å². The number of benzene rings is 2. The zero-order valence-electron chi connectivity index (χ0n) is 16.8. The minimum Gasteiger partial charge on any atom is -0.396 e. The fraction of sp³-hybridized carbons (Fsp3) is 0.500. The summed E-state index contributed by atoms with van der Waals surface area (Å²) in [5, 5.41) is 9.55. The van der Waals surface area contributed by atoms with E-state index in [0.717, 1.165) is 39.1 Å². The molecule has 1 aliphatic rings. The van der Waals surface area contributed by atoms with Crippen LogP contribution in [0, 0.1) is 5.92 Å². The molecule has 1 aliphatic heterocycles. The Hall–Kier alpha value is -1.68. The number of nitrogens with zero attached hydrogens (tertiary/aromatic N) is 2. The van der Waals surface area contributed by atoms with Gasteiger partial charge in [-0.2, -0.15) is 0 Å². The van der Waals surface area contributed by atoms with Gasteiger partial charge >= 0.3 is 0 Å². The summed E-state index contributed by atoms with van der Waals surface area (Å²) in [6, 6.07) is 22.2. The summed E-state index contributed by atoms with van der Waals surface area (Å²) in [7, 11) is 0. The van der Waals surface area contributed by atoms with E-state index in [9.17, 15) is 5.11 Å². The monoisotopic (exact) mass is 366 g/mol. The maximum absolute atomic E-state index is 9.55. The summed E-state index contributed by atoms with van der Waals surface area (Å²) in [5.74, 6) is 1.05. The third-order valence-corrected chi connectivity index (χ3v) is 5.60. The second kappa shape index (κ2) is 10.0. The van der Waals surface area contributed by atoms with Crippen molar-refractivity contribution in [1.29, 1.82) is 0 Å². The predicted octanol–water partition coefficient (Wildman–Crippen LogP) is 3.84. The third kappa shape index (κ3) is 5.65. The van der Waals surface area contributed by atoms with E-state index in [-0.39, 0.29) is 6.61 Å². The molecule has 1 saturated heterocycles. The van der Waals surface area contributed by atoms with Crippen molar-refractivity contribution in [2.45, 2.75) is 32.2 Å². The molecule has 0 unspecified atom stereocenters. The van der Waals surface area contributed by atoms with Gasteiger partial charge in [0.15, 0.2) is 0 Å². The third-order valence-electron chi connectivity index (χ3n) is 5.60. The predicted molar refractivity (Wildman–Crippen MR) is 113 cm³/mol. The van der Waals surface area contributed by atoms with Crippen LogP contribution in [0.3, 0.4) is 0 Å². The van der Waals surface area contributed by atoms with Crippen molar-refractivity contribution in [3.05, 3.63) is 71.8 Å². The van der Waals surface area contributed by atoms with Crippen molar-refractivity contribution in [2.24, 2.45) is 5.92 Å². The number of rotatable bonds is 8. The Labute approximate surface area is 164 Å². The molecule has 3 rings (SSSR count). The molecule has 1 heterocycles. The molecule has 0 aromatic heterocycles. The van der Waals surface area contributed by atoms with Gasteiger partial charge in [0.05, 0.1) is 0 Å². The first-order chi connectivity index (χ1) is 13.2. The van der Waals surface area contributed by atoms with E-state index in [1.54, 1.807) is 0 Å². The van der Waals surface area contributed by atoms with Gasteiger partial charge < -0.3 is 5.11 Å². The number of hydrogen-bond acceptors (Lipinski definition) is 3. The zero-order valence-corrected chi connectivity index (χ0v) is 16.8. The Morgan fingerprint density at radius 1 is 0.889 bits per heavy atom. The lowest BCUT2D eigenvalue weighted by molar-refractivity contribution is 0.0499. The normalized spacial score (nSPS) is 19.1. The zero-order chi connectivity index (χ0) is 19.1. The van der Waals surface area contributed by atoms with Gasteiger partial charge in [0.25, 0.3) is 0 Å². The number of piperazine rings is 1. The van der Waals surface area contributed by atoms with Crippen LogP contribution >= 0.6 is 0 Å². The molecule has 1 fully saturated rings. The minimum absolute atomic E-state index is 0.272.